The molecule has 2 N–H and O–H groups in total. The molecule has 2 rings (SSSR count). The Kier molecular flexibility index (Phi) is 4.02. The number of aromatic nitrogens is 1. The normalized spacial score (nSPS) is 10.7. The molecule has 0 unspecified atom stereocenters. The molecule has 0 aliphatic rings. The van der Waals surface area contributed by atoms with Crippen molar-refractivity contribution >= 4 is 39.0 Å². The standard InChI is InChI=1S/C11H11BrN2S2/c1-7-6-15-11(14-7)16-9-3-2-8(5-13)10(12)4-9/h2-4,6H,5,13H2,1H3. The second kappa shape index (κ2) is 5.31. The zero-order chi connectivity index (χ0) is 11.5. The van der Waals surface area contributed by atoms with Gasteiger partial charge in [0.25, 0.3) is 0 Å². The molecular formula is C11H11BrN2S2. The summed E-state index contributed by atoms with van der Waals surface area (Å²) in [5.74, 6) is 0. The molecule has 2 aromatic rings. The molecule has 0 aliphatic carbocycles. The third-order valence-electron chi connectivity index (χ3n) is 2.05. The predicted octanol–water partition coefficient (Wildman–Crippen LogP) is 3.82. The highest BCUT2D eigenvalue weighted by Crippen LogP contribution is 2.32. The molecule has 1 heterocycles. The maximum absolute atomic E-state index is 5.61. The molecular weight excluding hydrogens is 304 g/mol. The number of hydrogen-bond acceptors (Lipinski definition) is 4. The molecule has 5 heteroatoms. The van der Waals surface area contributed by atoms with Crippen LogP contribution in [0.1, 0.15) is 11.3 Å². The summed E-state index contributed by atoms with van der Waals surface area (Å²) in [7, 11) is 0. The molecule has 2 nitrogen and oxygen atoms in total. The third kappa shape index (κ3) is 2.85. The van der Waals surface area contributed by atoms with Crippen LogP contribution < -0.4 is 5.73 Å². The minimum atomic E-state index is 0.557. The summed E-state index contributed by atoms with van der Waals surface area (Å²) in [6, 6.07) is 6.21. The van der Waals surface area contributed by atoms with Gasteiger partial charge in [-0.25, -0.2) is 4.98 Å². The number of halogens is 1. The second-order valence-electron chi connectivity index (χ2n) is 3.31. The molecule has 0 saturated heterocycles. The number of nitrogens with zero attached hydrogens (tertiary/aromatic N) is 1. The van der Waals surface area contributed by atoms with Gasteiger partial charge in [0.15, 0.2) is 4.34 Å². The van der Waals surface area contributed by atoms with Gasteiger partial charge >= 0.3 is 0 Å². The van der Waals surface area contributed by atoms with Gasteiger partial charge in [-0.15, -0.1) is 11.3 Å². The predicted molar refractivity (Wildman–Crippen MR) is 73.0 cm³/mol. The second-order valence-corrected chi connectivity index (χ2v) is 6.35. The molecule has 0 atom stereocenters. The Balaban J connectivity index is 2.19. The summed E-state index contributed by atoms with van der Waals surface area (Å²) in [6.45, 7) is 2.57. The molecule has 0 saturated carbocycles. The van der Waals surface area contributed by atoms with E-state index < -0.39 is 0 Å². The summed E-state index contributed by atoms with van der Waals surface area (Å²) in [5.41, 5.74) is 7.81. The molecule has 16 heavy (non-hydrogen) atoms. The lowest BCUT2D eigenvalue weighted by atomic mass is 10.2. The van der Waals surface area contributed by atoms with Crippen LogP contribution in [-0.4, -0.2) is 4.98 Å². The van der Waals surface area contributed by atoms with Gasteiger partial charge in [-0.1, -0.05) is 33.8 Å². The molecule has 1 aromatic carbocycles. The Labute approximate surface area is 111 Å². The van der Waals surface area contributed by atoms with Crippen molar-refractivity contribution in [2.24, 2.45) is 5.73 Å². The lowest BCUT2D eigenvalue weighted by Gasteiger charge is -2.03. The Morgan fingerprint density at radius 2 is 2.31 bits per heavy atom. The van der Waals surface area contributed by atoms with Crippen LogP contribution in [0, 0.1) is 6.92 Å². The van der Waals surface area contributed by atoms with Crippen LogP contribution in [0.3, 0.4) is 0 Å². The van der Waals surface area contributed by atoms with Crippen molar-refractivity contribution < 1.29 is 0 Å². The SMILES string of the molecule is Cc1csc(Sc2ccc(CN)c(Br)c2)n1. The van der Waals surface area contributed by atoms with Crippen molar-refractivity contribution in [1.29, 1.82) is 0 Å². The van der Waals surface area contributed by atoms with Gasteiger partial charge in [-0.3, -0.25) is 0 Å². The number of hydrogen-bond donors (Lipinski definition) is 1. The van der Waals surface area contributed by atoms with Gasteiger partial charge < -0.3 is 5.73 Å². The van der Waals surface area contributed by atoms with Gasteiger partial charge in [0.1, 0.15) is 0 Å². The van der Waals surface area contributed by atoms with Crippen LogP contribution in [0.2, 0.25) is 0 Å². The highest BCUT2D eigenvalue weighted by Gasteiger charge is 2.04. The van der Waals surface area contributed by atoms with E-state index in [0.717, 1.165) is 20.1 Å². The summed E-state index contributed by atoms with van der Waals surface area (Å²) < 4.78 is 2.14. The summed E-state index contributed by atoms with van der Waals surface area (Å²) in [6.07, 6.45) is 0. The molecule has 0 fully saturated rings. The minimum Gasteiger partial charge on any atom is -0.326 e. The fraction of sp³-hybridized carbons (Fsp3) is 0.182. The highest BCUT2D eigenvalue weighted by molar-refractivity contribution is 9.10. The summed E-state index contributed by atoms with van der Waals surface area (Å²) in [5, 5.41) is 2.06. The Morgan fingerprint density at radius 1 is 1.50 bits per heavy atom. The van der Waals surface area contributed by atoms with Crippen molar-refractivity contribution in [3.8, 4) is 0 Å². The zero-order valence-corrected chi connectivity index (χ0v) is 12.0. The number of thiazole rings is 1. The monoisotopic (exact) mass is 314 g/mol. The smallest absolute Gasteiger partial charge is 0.154 e. The fourth-order valence-electron chi connectivity index (χ4n) is 1.24. The van der Waals surface area contributed by atoms with Crippen molar-refractivity contribution in [2.45, 2.75) is 22.7 Å². The van der Waals surface area contributed by atoms with Crippen LogP contribution in [0.15, 0.2) is 37.3 Å². The fourth-order valence-corrected chi connectivity index (χ4v) is 3.78. The molecule has 1 aromatic heterocycles. The largest absolute Gasteiger partial charge is 0.326 e. The van der Waals surface area contributed by atoms with E-state index in [1.165, 1.54) is 4.90 Å². The first-order valence-corrected chi connectivity index (χ1v) is 7.26. The molecule has 0 spiro atoms. The molecule has 0 radical (unpaired) electrons. The van der Waals surface area contributed by atoms with Crippen LogP contribution in [-0.2, 0) is 6.54 Å². The maximum atomic E-state index is 5.61. The summed E-state index contributed by atoms with van der Waals surface area (Å²) in [4.78, 5) is 5.60. The van der Waals surface area contributed by atoms with Gasteiger partial charge in [-0.2, -0.15) is 0 Å². The van der Waals surface area contributed by atoms with Gasteiger partial charge in [0, 0.05) is 27.0 Å². The number of aryl methyl sites for hydroxylation is 1. The first kappa shape index (κ1) is 12.1. The van der Waals surface area contributed by atoms with Crippen molar-refractivity contribution in [1.82, 2.24) is 4.98 Å². The Bertz CT molecular complexity index is 496. The average Bonchev–Trinajstić information content (AvgIpc) is 2.64. The number of nitrogens with two attached hydrogens (primary N) is 1. The van der Waals surface area contributed by atoms with Gasteiger partial charge in [0.2, 0.25) is 0 Å². The highest BCUT2D eigenvalue weighted by atomic mass is 79.9. The van der Waals surface area contributed by atoms with Crippen LogP contribution in [0.25, 0.3) is 0 Å². The van der Waals surface area contributed by atoms with E-state index in [2.05, 4.69) is 38.4 Å². The molecule has 0 amide bonds. The first-order chi connectivity index (χ1) is 7.69. The van der Waals surface area contributed by atoms with Crippen molar-refractivity contribution in [3.05, 3.63) is 39.3 Å². The topological polar surface area (TPSA) is 38.9 Å². The maximum Gasteiger partial charge on any atom is 0.154 e. The van der Waals surface area contributed by atoms with Gasteiger partial charge in [-0.05, 0) is 24.6 Å². The lowest BCUT2D eigenvalue weighted by Crippen LogP contribution is -1.96. The van der Waals surface area contributed by atoms with Crippen molar-refractivity contribution in [2.75, 3.05) is 0 Å². The van der Waals surface area contributed by atoms with E-state index in [1.807, 2.05) is 13.0 Å². The van der Waals surface area contributed by atoms with E-state index in [4.69, 9.17) is 5.73 Å². The van der Waals surface area contributed by atoms with E-state index in [9.17, 15) is 0 Å². The van der Waals surface area contributed by atoms with Crippen molar-refractivity contribution in [3.63, 3.8) is 0 Å². The Morgan fingerprint density at radius 3 is 2.88 bits per heavy atom. The van der Waals surface area contributed by atoms with E-state index in [-0.39, 0.29) is 0 Å². The van der Waals surface area contributed by atoms with Crippen LogP contribution >= 0.6 is 39.0 Å². The van der Waals surface area contributed by atoms with Gasteiger partial charge in [0.05, 0.1) is 0 Å². The summed E-state index contributed by atoms with van der Waals surface area (Å²) >= 11 is 6.87. The van der Waals surface area contributed by atoms with E-state index in [1.54, 1.807) is 23.1 Å². The zero-order valence-electron chi connectivity index (χ0n) is 8.74. The number of rotatable bonds is 3. The quantitative estimate of drug-likeness (QED) is 0.936. The average molecular weight is 315 g/mol. The minimum absolute atomic E-state index is 0.557. The van der Waals surface area contributed by atoms with Crippen LogP contribution in [0.5, 0.6) is 0 Å². The molecule has 0 aliphatic heterocycles. The van der Waals surface area contributed by atoms with E-state index >= 15 is 0 Å². The molecule has 0 bridgehead atoms. The first-order valence-electron chi connectivity index (χ1n) is 4.77. The third-order valence-corrected chi connectivity index (χ3v) is 4.83. The van der Waals surface area contributed by atoms with E-state index in [0.29, 0.717) is 6.54 Å². The Hall–Kier alpha value is -0.360. The number of benzene rings is 1. The lowest BCUT2D eigenvalue weighted by molar-refractivity contribution is 1.05. The van der Waals surface area contributed by atoms with Crippen LogP contribution in [0.4, 0.5) is 0 Å². The molecule has 84 valence electrons.